The van der Waals surface area contributed by atoms with Crippen LogP contribution in [-0.4, -0.2) is 27.2 Å². The van der Waals surface area contributed by atoms with Gasteiger partial charge in [0.05, 0.1) is 12.4 Å². The number of nitrogens with one attached hydrogen (secondary N) is 1. The largest absolute Gasteiger partial charge is 0.274 e. The van der Waals surface area contributed by atoms with Crippen molar-refractivity contribution in [2.24, 2.45) is 0 Å². The second-order valence-electron chi connectivity index (χ2n) is 3.63. The van der Waals surface area contributed by atoms with Gasteiger partial charge in [-0.1, -0.05) is 12.1 Å². The first-order valence-electron chi connectivity index (χ1n) is 5.11. The molecule has 1 aromatic rings. The average Bonchev–Trinajstić information content (AvgIpc) is 2.24. The molecule has 1 amide bonds. The van der Waals surface area contributed by atoms with E-state index in [0.717, 1.165) is 6.26 Å². The lowest BCUT2D eigenvalue weighted by atomic mass is 10.1. The van der Waals surface area contributed by atoms with Crippen molar-refractivity contribution in [1.82, 2.24) is 5.48 Å². The molecule has 0 aliphatic heterocycles. The van der Waals surface area contributed by atoms with E-state index in [-0.39, 0.29) is 11.7 Å². The lowest BCUT2D eigenvalue weighted by Gasteiger charge is -2.05. The van der Waals surface area contributed by atoms with Crippen LogP contribution in [0.25, 0.3) is 0 Å². The number of hydrogen-bond donors (Lipinski definition) is 1. The van der Waals surface area contributed by atoms with Crippen LogP contribution in [-0.2, 0) is 20.4 Å². The van der Waals surface area contributed by atoms with Crippen molar-refractivity contribution in [3.8, 4) is 0 Å². The van der Waals surface area contributed by atoms with E-state index in [1.54, 1.807) is 25.1 Å². The second kappa shape index (κ2) is 5.79. The minimum Gasteiger partial charge on any atom is -0.274 e. The molecule has 0 fully saturated rings. The third kappa shape index (κ3) is 4.97. The number of rotatable bonds is 5. The van der Waals surface area contributed by atoms with E-state index in [4.69, 9.17) is 4.84 Å². The molecular formula is C11H15NO4S. The summed E-state index contributed by atoms with van der Waals surface area (Å²) in [6, 6.07) is 6.44. The zero-order valence-corrected chi connectivity index (χ0v) is 10.6. The van der Waals surface area contributed by atoms with Gasteiger partial charge in [0, 0.05) is 11.8 Å². The molecule has 5 nitrogen and oxygen atoms in total. The molecule has 94 valence electrons. The van der Waals surface area contributed by atoms with Crippen molar-refractivity contribution in [1.29, 1.82) is 0 Å². The monoisotopic (exact) mass is 257 g/mol. The van der Waals surface area contributed by atoms with E-state index in [1.165, 1.54) is 6.07 Å². The maximum Gasteiger partial charge on any atom is 0.274 e. The minimum atomic E-state index is -3.10. The average molecular weight is 257 g/mol. The fraction of sp³-hybridized carbons (Fsp3) is 0.364. The second-order valence-corrected chi connectivity index (χ2v) is 5.77. The standard InChI is InChI=1S/C11H15NO4S/c1-3-16-12-11(13)10-6-4-5-9(7-10)8-17(2,14)15/h4-7H,3,8H2,1-2H3,(H,12,13). The van der Waals surface area contributed by atoms with Gasteiger partial charge in [-0.05, 0) is 24.6 Å². The van der Waals surface area contributed by atoms with Gasteiger partial charge < -0.3 is 0 Å². The van der Waals surface area contributed by atoms with Crippen molar-refractivity contribution in [3.05, 3.63) is 35.4 Å². The molecule has 1 rings (SSSR count). The van der Waals surface area contributed by atoms with Crippen LogP contribution in [0.1, 0.15) is 22.8 Å². The topological polar surface area (TPSA) is 72.5 Å². The van der Waals surface area contributed by atoms with Crippen LogP contribution >= 0.6 is 0 Å². The molecule has 17 heavy (non-hydrogen) atoms. The Balaban J connectivity index is 2.82. The Morgan fingerprint density at radius 2 is 2.12 bits per heavy atom. The molecule has 1 N–H and O–H groups in total. The summed E-state index contributed by atoms with van der Waals surface area (Å²) < 4.78 is 22.3. The predicted octanol–water partition coefficient (Wildman–Crippen LogP) is 0.913. The number of hydroxylamine groups is 1. The van der Waals surface area contributed by atoms with Crippen LogP contribution in [0.2, 0.25) is 0 Å². The molecule has 0 heterocycles. The number of hydrogen-bond acceptors (Lipinski definition) is 4. The van der Waals surface area contributed by atoms with E-state index < -0.39 is 9.84 Å². The number of sulfone groups is 1. The highest BCUT2D eigenvalue weighted by Gasteiger charge is 2.09. The molecule has 1 aromatic carbocycles. The molecule has 0 aliphatic carbocycles. The quantitative estimate of drug-likeness (QED) is 0.796. The van der Waals surface area contributed by atoms with Crippen molar-refractivity contribution >= 4 is 15.7 Å². The fourth-order valence-corrected chi connectivity index (χ4v) is 2.09. The summed E-state index contributed by atoms with van der Waals surface area (Å²) in [5, 5.41) is 0. The molecule has 0 bridgehead atoms. The van der Waals surface area contributed by atoms with Crippen LogP contribution in [0.15, 0.2) is 24.3 Å². The number of carbonyl (C=O) groups excluding carboxylic acids is 1. The van der Waals surface area contributed by atoms with E-state index in [9.17, 15) is 13.2 Å². The normalized spacial score (nSPS) is 11.2. The van der Waals surface area contributed by atoms with Gasteiger partial charge in [-0.25, -0.2) is 13.9 Å². The van der Waals surface area contributed by atoms with Gasteiger partial charge in [0.2, 0.25) is 0 Å². The Hall–Kier alpha value is -1.40. The Morgan fingerprint density at radius 1 is 1.41 bits per heavy atom. The lowest BCUT2D eigenvalue weighted by Crippen LogP contribution is -2.23. The number of benzene rings is 1. The first-order valence-corrected chi connectivity index (χ1v) is 7.17. The zero-order valence-electron chi connectivity index (χ0n) is 9.76. The Kier molecular flexibility index (Phi) is 4.65. The highest BCUT2D eigenvalue weighted by atomic mass is 32.2. The first-order chi connectivity index (χ1) is 7.92. The summed E-state index contributed by atoms with van der Waals surface area (Å²) >= 11 is 0. The summed E-state index contributed by atoms with van der Waals surface area (Å²) in [6.45, 7) is 2.12. The number of amides is 1. The lowest BCUT2D eigenvalue weighted by molar-refractivity contribution is 0.0364. The zero-order chi connectivity index (χ0) is 12.9. The van der Waals surface area contributed by atoms with E-state index >= 15 is 0 Å². The van der Waals surface area contributed by atoms with E-state index in [1.807, 2.05) is 0 Å². The molecule has 0 radical (unpaired) electrons. The maximum atomic E-state index is 11.5. The summed E-state index contributed by atoms with van der Waals surface area (Å²) in [7, 11) is -3.10. The SMILES string of the molecule is CCONC(=O)c1cccc(CS(C)(=O)=O)c1. The summed E-state index contributed by atoms with van der Waals surface area (Å²) in [5.74, 6) is -0.467. The molecule has 0 saturated carbocycles. The third-order valence-corrected chi connectivity index (χ3v) is 2.78. The van der Waals surface area contributed by atoms with Crippen molar-refractivity contribution in [2.75, 3.05) is 12.9 Å². The van der Waals surface area contributed by atoms with Gasteiger partial charge >= 0.3 is 0 Å². The van der Waals surface area contributed by atoms with Crippen molar-refractivity contribution in [2.45, 2.75) is 12.7 Å². The van der Waals surface area contributed by atoms with Crippen LogP contribution in [0.4, 0.5) is 0 Å². The molecule has 0 atom stereocenters. The maximum absolute atomic E-state index is 11.5. The molecule has 6 heteroatoms. The summed E-state index contributed by atoms with van der Waals surface area (Å²) in [5.41, 5.74) is 3.21. The first kappa shape index (κ1) is 13.7. The van der Waals surface area contributed by atoms with Crippen LogP contribution < -0.4 is 5.48 Å². The van der Waals surface area contributed by atoms with Crippen LogP contribution in [0, 0.1) is 0 Å². The molecule has 0 aromatic heterocycles. The predicted molar refractivity (Wildman–Crippen MR) is 64.1 cm³/mol. The third-order valence-electron chi connectivity index (χ3n) is 1.93. The number of carbonyl (C=O) groups is 1. The van der Waals surface area contributed by atoms with Crippen LogP contribution in [0.5, 0.6) is 0 Å². The fourth-order valence-electron chi connectivity index (χ4n) is 1.30. The molecule has 0 aliphatic rings. The highest BCUT2D eigenvalue weighted by molar-refractivity contribution is 7.89. The van der Waals surface area contributed by atoms with E-state index in [0.29, 0.717) is 17.7 Å². The molecule has 0 saturated heterocycles. The highest BCUT2D eigenvalue weighted by Crippen LogP contribution is 2.08. The van der Waals surface area contributed by atoms with Gasteiger partial charge in [-0.15, -0.1) is 0 Å². The van der Waals surface area contributed by atoms with Gasteiger partial charge in [-0.2, -0.15) is 0 Å². The van der Waals surface area contributed by atoms with Gasteiger partial charge in [0.25, 0.3) is 5.91 Å². The molecule has 0 spiro atoms. The van der Waals surface area contributed by atoms with Gasteiger partial charge in [0.1, 0.15) is 0 Å². The van der Waals surface area contributed by atoms with E-state index in [2.05, 4.69) is 5.48 Å². The summed E-state index contributed by atoms with van der Waals surface area (Å²) in [4.78, 5) is 16.3. The van der Waals surface area contributed by atoms with Gasteiger partial charge in [-0.3, -0.25) is 9.63 Å². The minimum absolute atomic E-state index is 0.0806. The smallest absolute Gasteiger partial charge is 0.274 e. The van der Waals surface area contributed by atoms with Crippen molar-refractivity contribution in [3.63, 3.8) is 0 Å². The molecule has 0 unspecified atom stereocenters. The Morgan fingerprint density at radius 3 is 2.71 bits per heavy atom. The Bertz CT molecular complexity index is 496. The molecular weight excluding hydrogens is 242 g/mol. The van der Waals surface area contributed by atoms with Crippen molar-refractivity contribution < 1.29 is 18.0 Å². The summed E-state index contributed by atoms with van der Waals surface area (Å²) in [6.07, 6.45) is 1.15. The Labute approximate surface area is 101 Å². The van der Waals surface area contributed by atoms with Crippen LogP contribution in [0.3, 0.4) is 0 Å². The van der Waals surface area contributed by atoms with Gasteiger partial charge in [0.15, 0.2) is 9.84 Å².